The maximum atomic E-state index is 5.91. The number of hydrogen-bond donors (Lipinski definition) is 0. The van der Waals surface area contributed by atoms with Gasteiger partial charge in [0.2, 0.25) is 0 Å². The molecule has 25 heavy (non-hydrogen) atoms. The molecule has 0 atom stereocenters. The first kappa shape index (κ1) is 17.5. The lowest BCUT2D eigenvalue weighted by Crippen LogP contribution is -2.20. The molecule has 3 rings (SSSR count). The lowest BCUT2D eigenvalue weighted by atomic mass is 10.1. The summed E-state index contributed by atoms with van der Waals surface area (Å²) in [7, 11) is 2.15. The molecular formula is C22H22ClNO. The maximum Gasteiger partial charge on any atom is 0.127 e. The van der Waals surface area contributed by atoms with Gasteiger partial charge in [0.1, 0.15) is 11.5 Å². The average molecular weight is 352 g/mol. The van der Waals surface area contributed by atoms with E-state index in [0.717, 1.165) is 31.0 Å². The minimum atomic E-state index is 0.709. The molecule has 0 N–H and O–H groups in total. The Bertz CT molecular complexity index is 787. The van der Waals surface area contributed by atoms with E-state index < -0.39 is 0 Å². The van der Waals surface area contributed by atoms with Gasteiger partial charge in [-0.2, -0.15) is 0 Å². The van der Waals surface area contributed by atoms with Crippen LogP contribution in [0.5, 0.6) is 11.5 Å². The first-order chi connectivity index (χ1) is 12.2. The number of nitrogens with zero attached hydrogens (tertiary/aromatic N) is 1. The summed E-state index contributed by atoms with van der Waals surface area (Å²) in [6.07, 6.45) is 1.05. The van der Waals surface area contributed by atoms with E-state index in [9.17, 15) is 0 Å². The smallest absolute Gasteiger partial charge is 0.127 e. The van der Waals surface area contributed by atoms with Crippen LogP contribution < -0.4 is 4.74 Å². The van der Waals surface area contributed by atoms with Gasteiger partial charge in [-0.3, -0.25) is 0 Å². The zero-order valence-electron chi connectivity index (χ0n) is 14.4. The number of benzene rings is 3. The quantitative estimate of drug-likeness (QED) is 0.532. The van der Waals surface area contributed by atoms with E-state index in [-0.39, 0.29) is 0 Å². The van der Waals surface area contributed by atoms with Crippen molar-refractivity contribution in [2.75, 3.05) is 13.6 Å². The standard InChI is InChI=1S/C22H22ClNO/c1-24(15-14-18-6-3-2-4-7-18)17-19-8-5-9-22(16-19)25-21-12-10-20(23)11-13-21/h2-13,16H,14-15,17H2,1H3. The van der Waals surface area contributed by atoms with Crippen molar-refractivity contribution in [2.24, 2.45) is 0 Å². The molecule has 0 fully saturated rings. The SMILES string of the molecule is CN(CCc1ccccc1)Cc1cccc(Oc2ccc(Cl)cc2)c1. The Hall–Kier alpha value is -2.29. The van der Waals surface area contributed by atoms with Crippen LogP contribution in [0.1, 0.15) is 11.1 Å². The Morgan fingerprint density at radius 3 is 2.28 bits per heavy atom. The fourth-order valence-electron chi connectivity index (χ4n) is 2.70. The molecule has 0 aliphatic rings. The van der Waals surface area contributed by atoms with E-state index in [2.05, 4.69) is 54.4 Å². The van der Waals surface area contributed by atoms with Gasteiger partial charge in [0.05, 0.1) is 0 Å². The molecule has 0 aliphatic carbocycles. The molecule has 0 aliphatic heterocycles. The number of ether oxygens (including phenoxy) is 1. The second kappa shape index (κ2) is 8.70. The molecule has 0 spiro atoms. The molecule has 3 heteroatoms. The Labute approximate surface area is 154 Å². The highest BCUT2D eigenvalue weighted by atomic mass is 35.5. The Morgan fingerprint density at radius 2 is 1.52 bits per heavy atom. The van der Waals surface area contributed by atoms with Crippen LogP contribution in [0.3, 0.4) is 0 Å². The molecule has 128 valence electrons. The number of hydrogen-bond acceptors (Lipinski definition) is 2. The van der Waals surface area contributed by atoms with Crippen LogP contribution in [-0.4, -0.2) is 18.5 Å². The van der Waals surface area contributed by atoms with E-state index in [1.54, 1.807) is 0 Å². The van der Waals surface area contributed by atoms with Crippen molar-refractivity contribution in [2.45, 2.75) is 13.0 Å². The summed E-state index contributed by atoms with van der Waals surface area (Å²) in [4.78, 5) is 2.33. The van der Waals surface area contributed by atoms with Gasteiger partial charge in [0.15, 0.2) is 0 Å². The first-order valence-electron chi connectivity index (χ1n) is 8.44. The average Bonchev–Trinajstić information content (AvgIpc) is 2.63. The number of likely N-dealkylation sites (N-methyl/N-ethyl adjacent to an activating group) is 1. The van der Waals surface area contributed by atoms with Crippen LogP contribution in [-0.2, 0) is 13.0 Å². The molecule has 3 aromatic carbocycles. The molecule has 0 aromatic heterocycles. The molecule has 0 bridgehead atoms. The van der Waals surface area contributed by atoms with E-state index in [1.165, 1.54) is 11.1 Å². The summed E-state index contributed by atoms with van der Waals surface area (Å²) >= 11 is 5.91. The molecule has 0 radical (unpaired) electrons. The van der Waals surface area contributed by atoms with Gasteiger partial charge in [-0.25, -0.2) is 0 Å². The summed E-state index contributed by atoms with van der Waals surface area (Å²) in [5, 5.41) is 0.709. The van der Waals surface area contributed by atoms with Crippen LogP contribution >= 0.6 is 11.6 Å². The lowest BCUT2D eigenvalue weighted by molar-refractivity contribution is 0.330. The van der Waals surface area contributed by atoms with Gasteiger partial charge in [-0.1, -0.05) is 54.1 Å². The Kier molecular flexibility index (Phi) is 6.10. The predicted molar refractivity (Wildman–Crippen MR) is 104 cm³/mol. The third-order valence-electron chi connectivity index (χ3n) is 4.03. The van der Waals surface area contributed by atoms with Gasteiger partial charge in [-0.15, -0.1) is 0 Å². The van der Waals surface area contributed by atoms with Crippen LogP contribution in [0.25, 0.3) is 0 Å². The summed E-state index contributed by atoms with van der Waals surface area (Å²) in [6, 6.07) is 26.2. The Morgan fingerprint density at radius 1 is 0.800 bits per heavy atom. The van der Waals surface area contributed by atoms with Gasteiger partial charge >= 0.3 is 0 Å². The summed E-state index contributed by atoms with van der Waals surface area (Å²) in [6.45, 7) is 1.91. The van der Waals surface area contributed by atoms with Crippen molar-refractivity contribution < 1.29 is 4.74 Å². The number of rotatable bonds is 7. The minimum absolute atomic E-state index is 0.709. The molecule has 2 nitrogen and oxygen atoms in total. The van der Waals surface area contributed by atoms with Gasteiger partial charge in [0, 0.05) is 18.1 Å². The van der Waals surface area contributed by atoms with Crippen LogP contribution in [0.15, 0.2) is 78.9 Å². The van der Waals surface area contributed by atoms with E-state index in [1.807, 2.05) is 36.4 Å². The van der Waals surface area contributed by atoms with Crippen molar-refractivity contribution in [3.8, 4) is 11.5 Å². The first-order valence-corrected chi connectivity index (χ1v) is 8.82. The van der Waals surface area contributed by atoms with Gasteiger partial charge in [0.25, 0.3) is 0 Å². The third kappa shape index (κ3) is 5.63. The zero-order chi connectivity index (χ0) is 17.5. The lowest BCUT2D eigenvalue weighted by Gasteiger charge is -2.17. The van der Waals surface area contributed by atoms with Crippen molar-refractivity contribution >= 4 is 11.6 Å². The molecule has 3 aromatic rings. The minimum Gasteiger partial charge on any atom is -0.457 e. The molecule has 0 saturated heterocycles. The van der Waals surface area contributed by atoms with Crippen molar-refractivity contribution in [3.63, 3.8) is 0 Å². The molecule has 0 heterocycles. The van der Waals surface area contributed by atoms with Crippen molar-refractivity contribution in [3.05, 3.63) is 95.0 Å². The van der Waals surface area contributed by atoms with Crippen molar-refractivity contribution in [1.82, 2.24) is 4.90 Å². The maximum absolute atomic E-state index is 5.91. The summed E-state index contributed by atoms with van der Waals surface area (Å²) in [5.41, 5.74) is 2.61. The van der Waals surface area contributed by atoms with Crippen LogP contribution in [0.2, 0.25) is 5.02 Å². The second-order valence-corrected chi connectivity index (χ2v) is 6.61. The molecule has 0 saturated carbocycles. The molecule has 0 unspecified atom stereocenters. The zero-order valence-corrected chi connectivity index (χ0v) is 15.1. The third-order valence-corrected chi connectivity index (χ3v) is 4.28. The van der Waals surface area contributed by atoms with E-state index >= 15 is 0 Å². The fraction of sp³-hybridized carbons (Fsp3) is 0.182. The highest BCUT2D eigenvalue weighted by Gasteiger charge is 2.04. The van der Waals surface area contributed by atoms with Gasteiger partial charge < -0.3 is 9.64 Å². The molecular weight excluding hydrogens is 330 g/mol. The monoisotopic (exact) mass is 351 g/mol. The normalized spacial score (nSPS) is 10.8. The van der Waals surface area contributed by atoms with Crippen LogP contribution in [0, 0.1) is 0 Å². The predicted octanol–water partition coefficient (Wildman–Crippen LogP) is 5.81. The summed E-state index contributed by atoms with van der Waals surface area (Å²) < 4.78 is 5.91. The van der Waals surface area contributed by atoms with Gasteiger partial charge in [-0.05, 0) is 61.0 Å². The summed E-state index contributed by atoms with van der Waals surface area (Å²) in [5.74, 6) is 1.63. The highest BCUT2D eigenvalue weighted by molar-refractivity contribution is 6.30. The highest BCUT2D eigenvalue weighted by Crippen LogP contribution is 2.24. The topological polar surface area (TPSA) is 12.5 Å². The second-order valence-electron chi connectivity index (χ2n) is 6.18. The molecule has 0 amide bonds. The Balaban J connectivity index is 1.56. The fourth-order valence-corrected chi connectivity index (χ4v) is 2.83. The van der Waals surface area contributed by atoms with Crippen LogP contribution in [0.4, 0.5) is 0 Å². The van der Waals surface area contributed by atoms with E-state index in [4.69, 9.17) is 16.3 Å². The van der Waals surface area contributed by atoms with Crippen molar-refractivity contribution in [1.29, 1.82) is 0 Å². The largest absolute Gasteiger partial charge is 0.457 e. The van der Waals surface area contributed by atoms with E-state index in [0.29, 0.717) is 5.02 Å². The number of halogens is 1.